The maximum atomic E-state index is 5.93. The molecular weight excluding hydrogens is 277 g/mol. The first-order chi connectivity index (χ1) is 8.72. The van der Waals surface area contributed by atoms with E-state index in [-0.39, 0.29) is 0 Å². The highest BCUT2D eigenvalue weighted by molar-refractivity contribution is 6.32. The van der Waals surface area contributed by atoms with Crippen LogP contribution in [-0.4, -0.2) is 23.2 Å². The zero-order chi connectivity index (χ0) is 13.0. The number of anilines is 2. The van der Waals surface area contributed by atoms with Crippen LogP contribution in [-0.2, 0) is 6.42 Å². The molecule has 0 bridgehead atoms. The van der Waals surface area contributed by atoms with E-state index < -0.39 is 0 Å². The molecule has 2 aromatic rings. The molecule has 1 heterocycles. The second-order valence-electron chi connectivity index (χ2n) is 3.41. The summed E-state index contributed by atoms with van der Waals surface area (Å²) in [6, 6.07) is 5.56. The summed E-state index contributed by atoms with van der Waals surface area (Å²) in [6.07, 6.45) is 0.542. The van der Waals surface area contributed by atoms with E-state index in [1.54, 1.807) is 25.3 Å². The maximum Gasteiger partial charge on any atom is 0.320 e. The molecule has 0 aliphatic carbocycles. The summed E-state index contributed by atoms with van der Waals surface area (Å²) in [7, 11) is 1.55. The van der Waals surface area contributed by atoms with Crippen LogP contribution in [0.5, 0.6) is 5.75 Å². The molecule has 1 aromatic carbocycles. The minimum atomic E-state index is 0.305. The summed E-state index contributed by atoms with van der Waals surface area (Å²) >= 11 is 11.5. The van der Waals surface area contributed by atoms with Crippen molar-refractivity contribution in [3.8, 4) is 5.75 Å². The van der Waals surface area contributed by atoms with Crippen LogP contribution >= 0.6 is 23.2 Å². The van der Waals surface area contributed by atoms with E-state index in [0.29, 0.717) is 35.0 Å². The van der Waals surface area contributed by atoms with Gasteiger partial charge in [0.2, 0.25) is 5.89 Å². The smallest absolute Gasteiger partial charge is 0.320 e. The molecule has 1 N–H and O–H groups in total. The second-order valence-corrected chi connectivity index (χ2v) is 4.20. The molecule has 1 aromatic heterocycles. The molecule has 0 amide bonds. The third kappa shape index (κ3) is 3.05. The Morgan fingerprint density at radius 3 is 2.94 bits per heavy atom. The molecule has 7 heteroatoms. The van der Waals surface area contributed by atoms with Crippen LogP contribution in [0.25, 0.3) is 0 Å². The topological polar surface area (TPSA) is 60.2 Å². The van der Waals surface area contributed by atoms with Gasteiger partial charge in [-0.1, -0.05) is 16.7 Å². The molecule has 0 atom stereocenters. The molecule has 0 radical (unpaired) electrons. The molecule has 18 heavy (non-hydrogen) atoms. The van der Waals surface area contributed by atoms with Crippen molar-refractivity contribution in [2.24, 2.45) is 0 Å². The fourth-order valence-corrected chi connectivity index (χ4v) is 1.70. The molecule has 0 fully saturated rings. The van der Waals surface area contributed by atoms with Crippen LogP contribution in [0.4, 0.5) is 11.7 Å². The van der Waals surface area contributed by atoms with Crippen LogP contribution in [0.2, 0.25) is 5.02 Å². The Kier molecular flexibility index (Phi) is 4.28. The van der Waals surface area contributed by atoms with E-state index >= 15 is 0 Å². The van der Waals surface area contributed by atoms with Gasteiger partial charge in [-0.05, 0) is 12.1 Å². The highest BCUT2D eigenvalue weighted by Gasteiger charge is 2.07. The van der Waals surface area contributed by atoms with Gasteiger partial charge < -0.3 is 14.5 Å². The molecule has 0 spiro atoms. The van der Waals surface area contributed by atoms with Gasteiger partial charge in [0.15, 0.2) is 0 Å². The molecule has 96 valence electrons. The van der Waals surface area contributed by atoms with Crippen LogP contribution in [0.3, 0.4) is 0 Å². The molecule has 5 nitrogen and oxygen atoms in total. The van der Waals surface area contributed by atoms with E-state index in [1.807, 2.05) is 0 Å². The average molecular weight is 288 g/mol. The summed E-state index contributed by atoms with van der Waals surface area (Å²) in [4.78, 5) is 0. The molecule has 0 unspecified atom stereocenters. The Morgan fingerprint density at radius 1 is 1.39 bits per heavy atom. The monoisotopic (exact) mass is 287 g/mol. The number of benzene rings is 1. The number of hydrogen-bond acceptors (Lipinski definition) is 5. The van der Waals surface area contributed by atoms with Crippen molar-refractivity contribution in [3.63, 3.8) is 0 Å². The van der Waals surface area contributed by atoms with E-state index in [0.717, 1.165) is 5.69 Å². The lowest BCUT2D eigenvalue weighted by Crippen LogP contribution is -1.92. The fraction of sp³-hybridized carbons (Fsp3) is 0.273. The molecule has 2 rings (SSSR count). The van der Waals surface area contributed by atoms with Gasteiger partial charge in [-0.3, -0.25) is 0 Å². The van der Waals surface area contributed by atoms with Gasteiger partial charge in [-0.2, -0.15) is 0 Å². The van der Waals surface area contributed by atoms with Crippen molar-refractivity contribution in [2.75, 3.05) is 18.3 Å². The summed E-state index contributed by atoms with van der Waals surface area (Å²) in [6.45, 7) is 0. The zero-order valence-electron chi connectivity index (χ0n) is 9.61. The van der Waals surface area contributed by atoms with Gasteiger partial charge >= 0.3 is 6.01 Å². The number of aryl methyl sites for hydroxylation is 1. The second kappa shape index (κ2) is 5.93. The number of alkyl halides is 1. The van der Waals surface area contributed by atoms with Crippen LogP contribution in [0.15, 0.2) is 22.6 Å². The molecule has 0 aliphatic heterocycles. The number of aromatic nitrogens is 2. The van der Waals surface area contributed by atoms with E-state index in [2.05, 4.69) is 15.5 Å². The van der Waals surface area contributed by atoms with Crippen molar-refractivity contribution in [1.82, 2.24) is 10.2 Å². The Balaban J connectivity index is 2.12. The third-order valence-electron chi connectivity index (χ3n) is 2.18. The Labute approximate surface area is 114 Å². The van der Waals surface area contributed by atoms with E-state index in [9.17, 15) is 0 Å². The lowest BCUT2D eigenvalue weighted by Gasteiger charge is -2.06. The van der Waals surface area contributed by atoms with Crippen LogP contribution in [0, 0.1) is 0 Å². The minimum Gasteiger partial charge on any atom is -0.495 e. The third-order valence-corrected chi connectivity index (χ3v) is 2.68. The van der Waals surface area contributed by atoms with Crippen molar-refractivity contribution in [2.45, 2.75) is 6.42 Å². The van der Waals surface area contributed by atoms with Crippen molar-refractivity contribution in [1.29, 1.82) is 0 Å². The molecular formula is C11H11Cl2N3O2. The van der Waals surface area contributed by atoms with E-state index in [1.165, 1.54) is 0 Å². The number of rotatable bonds is 5. The van der Waals surface area contributed by atoms with Crippen molar-refractivity contribution >= 4 is 34.9 Å². The average Bonchev–Trinajstić information content (AvgIpc) is 2.80. The maximum absolute atomic E-state index is 5.93. The number of halogens is 2. The Hall–Kier alpha value is -1.46. The number of nitrogens with one attached hydrogen (secondary N) is 1. The number of methoxy groups -OCH3 is 1. The number of hydrogen-bond donors (Lipinski definition) is 1. The lowest BCUT2D eigenvalue weighted by atomic mass is 10.3. The zero-order valence-corrected chi connectivity index (χ0v) is 11.1. The van der Waals surface area contributed by atoms with Gasteiger partial charge in [0.1, 0.15) is 5.75 Å². The highest BCUT2D eigenvalue weighted by atomic mass is 35.5. The van der Waals surface area contributed by atoms with Crippen molar-refractivity contribution in [3.05, 3.63) is 29.1 Å². The summed E-state index contributed by atoms with van der Waals surface area (Å²) in [5.41, 5.74) is 0.748. The fourth-order valence-electron chi connectivity index (χ4n) is 1.35. The van der Waals surface area contributed by atoms with Crippen LogP contribution < -0.4 is 10.1 Å². The van der Waals surface area contributed by atoms with E-state index in [4.69, 9.17) is 32.4 Å². The Morgan fingerprint density at radius 2 is 2.22 bits per heavy atom. The SMILES string of the molecule is COc1cc(Nc2nnc(CCCl)o2)ccc1Cl. The normalized spacial score (nSPS) is 10.4. The van der Waals surface area contributed by atoms with Crippen LogP contribution in [0.1, 0.15) is 5.89 Å². The minimum absolute atomic E-state index is 0.305. The number of ether oxygens (including phenoxy) is 1. The summed E-state index contributed by atoms with van der Waals surface area (Å²) in [5, 5.41) is 11.2. The molecule has 0 aliphatic rings. The largest absolute Gasteiger partial charge is 0.495 e. The van der Waals surface area contributed by atoms with Gasteiger partial charge in [0.05, 0.1) is 12.1 Å². The quantitative estimate of drug-likeness (QED) is 0.856. The summed E-state index contributed by atoms with van der Waals surface area (Å²) in [5.74, 6) is 1.51. The first-order valence-electron chi connectivity index (χ1n) is 5.22. The van der Waals surface area contributed by atoms with Crippen molar-refractivity contribution < 1.29 is 9.15 Å². The standard InChI is InChI=1S/C11H11Cl2N3O2/c1-17-9-6-7(2-3-8(9)13)14-11-16-15-10(18-11)4-5-12/h2-3,6H,4-5H2,1H3,(H,14,16). The molecule has 0 saturated carbocycles. The number of nitrogens with zero attached hydrogens (tertiary/aromatic N) is 2. The van der Waals surface area contributed by atoms with Gasteiger partial charge in [-0.25, -0.2) is 0 Å². The Bertz CT molecular complexity index is 531. The highest BCUT2D eigenvalue weighted by Crippen LogP contribution is 2.28. The molecule has 0 saturated heterocycles. The first kappa shape index (κ1) is 13.0. The summed E-state index contributed by atoms with van der Waals surface area (Å²) < 4.78 is 10.5. The predicted molar refractivity (Wildman–Crippen MR) is 70.0 cm³/mol. The lowest BCUT2D eigenvalue weighted by molar-refractivity contribution is 0.415. The van der Waals surface area contributed by atoms with Gasteiger partial charge in [0, 0.05) is 24.1 Å². The first-order valence-corrected chi connectivity index (χ1v) is 6.13. The van der Waals surface area contributed by atoms with Gasteiger partial charge in [0.25, 0.3) is 0 Å². The van der Waals surface area contributed by atoms with Gasteiger partial charge in [-0.15, -0.1) is 16.7 Å². The predicted octanol–water partition coefficient (Wildman–Crippen LogP) is 3.26.